The van der Waals surface area contributed by atoms with Crippen LogP contribution in [0.3, 0.4) is 0 Å². The summed E-state index contributed by atoms with van der Waals surface area (Å²) in [5.41, 5.74) is 0.799. The van der Waals surface area contributed by atoms with E-state index in [2.05, 4.69) is 11.9 Å². The molecule has 0 aliphatic carbocycles. The third-order valence-corrected chi connectivity index (χ3v) is 2.28. The van der Waals surface area contributed by atoms with E-state index in [0.717, 1.165) is 5.56 Å². The van der Waals surface area contributed by atoms with Crippen molar-refractivity contribution in [3.63, 3.8) is 0 Å². The van der Waals surface area contributed by atoms with Gasteiger partial charge in [0.05, 0.1) is 20.6 Å². The van der Waals surface area contributed by atoms with Crippen molar-refractivity contribution in [1.29, 1.82) is 0 Å². The van der Waals surface area contributed by atoms with Crippen LogP contribution in [0.5, 0.6) is 11.5 Å². The number of hydrogen-bond donors (Lipinski definition) is 1. The number of benzene rings is 1. The Bertz CT molecular complexity index is 402. The first kappa shape index (κ1) is 13.1. The van der Waals surface area contributed by atoms with E-state index in [1.54, 1.807) is 38.5 Å². The maximum absolute atomic E-state index is 11.6. The summed E-state index contributed by atoms with van der Waals surface area (Å²) in [7, 11) is 3.16. The van der Waals surface area contributed by atoms with Gasteiger partial charge in [-0.25, -0.2) is 0 Å². The second-order valence-corrected chi connectivity index (χ2v) is 3.45. The summed E-state index contributed by atoms with van der Waals surface area (Å²) in [6, 6.07) is 5.38. The molecule has 0 heterocycles. The molecule has 0 aliphatic heterocycles. The highest BCUT2D eigenvalue weighted by Gasteiger charge is 2.09. The molecule has 0 aliphatic rings. The second kappa shape index (κ2) is 6.58. The van der Waals surface area contributed by atoms with Crippen LogP contribution in [0.1, 0.15) is 5.56 Å². The average molecular weight is 235 g/mol. The first-order valence-corrected chi connectivity index (χ1v) is 5.29. The number of nitrogens with one attached hydrogen (secondary N) is 1. The van der Waals surface area contributed by atoms with Gasteiger partial charge < -0.3 is 14.8 Å². The molecule has 0 atom stereocenters. The largest absolute Gasteiger partial charge is 0.497 e. The zero-order valence-electron chi connectivity index (χ0n) is 10.2. The minimum atomic E-state index is -0.0727. The Morgan fingerprint density at radius 2 is 2.18 bits per heavy atom. The van der Waals surface area contributed by atoms with Crippen molar-refractivity contribution in [2.45, 2.75) is 6.42 Å². The molecule has 0 unspecified atom stereocenters. The molecule has 1 rings (SSSR count). The first-order chi connectivity index (χ1) is 8.21. The van der Waals surface area contributed by atoms with Crippen molar-refractivity contribution in [1.82, 2.24) is 5.32 Å². The minimum Gasteiger partial charge on any atom is -0.497 e. The van der Waals surface area contributed by atoms with Crippen LogP contribution >= 0.6 is 0 Å². The Morgan fingerprint density at radius 3 is 2.76 bits per heavy atom. The molecule has 0 saturated carbocycles. The molecular weight excluding hydrogens is 218 g/mol. The molecule has 0 saturated heterocycles. The Balaban J connectivity index is 2.79. The highest BCUT2D eigenvalue weighted by Crippen LogP contribution is 2.24. The molecule has 0 fully saturated rings. The van der Waals surface area contributed by atoms with Crippen LogP contribution in [0, 0.1) is 0 Å². The molecule has 4 nitrogen and oxygen atoms in total. The number of carbonyl (C=O) groups excluding carboxylic acids is 1. The average Bonchev–Trinajstić information content (AvgIpc) is 2.36. The van der Waals surface area contributed by atoms with E-state index in [1.807, 2.05) is 0 Å². The van der Waals surface area contributed by atoms with Gasteiger partial charge in [0.2, 0.25) is 5.91 Å². The molecule has 0 spiro atoms. The molecule has 1 N–H and O–H groups in total. The standard InChI is InChI=1S/C13H17NO3/c1-4-7-14-13(15)9-10-8-11(16-2)5-6-12(10)17-3/h4-6,8H,1,7,9H2,2-3H3,(H,14,15). The minimum absolute atomic E-state index is 0.0727. The van der Waals surface area contributed by atoms with Crippen LogP contribution in [0.15, 0.2) is 30.9 Å². The Hall–Kier alpha value is -1.97. The van der Waals surface area contributed by atoms with E-state index in [9.17, 15) is 4.79 Å². The van der Waals surface area contributed by atoms with Crippen LogP contribution in [-0.2, 0) is 11.2 Å². The Kier molecular flexibility index (Phi) is 5.07. The summed E-state index contributed by atoms with van der Waals surface area (Å²) in [4.78, 5) is 11.6. The topological polar surface area (TPSA) is 47.6 Å². The lowest BCUT2D eigenvalue weighted by Crippen LogP contribution is -2.25. The summed E-state index contributed by atoms with van der Waals surface area (Å²) in [5.74, 6) is 1.31. The van der Waals surface area contributed by atoms with Crippen LogP contribution in [0.25, 0.3) is 0 Å². The maximum Gasteiger partial charge on any atom is 0.224 e. The van der Waals surface area contributed by atoms with Gasteiger partial charge in [0.15, 0.2) is 0 Å². The lowest BCUT2D eigenvalue weighted by molar-refractivity contribution is -0.120. The lowest BCUT2D eigenvalue weighted by Gasteiger charge is -2.10. The highest BCUT2D eigenvalue weighted by atomic mass is 16.5. The fourth-order valence-corrected chi connectivity index (χ4v) is 1.44. The Morgan fingerprint density at radius 1 is 1.41 bits per heavy atom. The van der Waals surface area contributed by atoms with E-state index >= 15 is 0 Å². The lowest BCUT2D eigenvalue weighted by atomic mass is 10.1. The first-order valence-electron chi connectivity index (χ1n) is 5.29. The number of ether oxygens (including phenoxy) is 2. The van der Waals surface area contributed by atoms with Crippen molar-refractivity contribution < 1.29 is 14.3 Å². The van der Waals surface area contributed by atoms with E-state index in [1.165, 1.54) is 0 Å². The van der Waals surface area contributed by atoms with Crippen LogP contribution < -0.4 is 14.8 Å². The van der Waals surface area contributed by atoms with Gasteiger partial charge in [-0.15, -0.1) is 6.58 Å². The Labute approximate surface area is 101 Å². The van der Waals surface area contributed by atoms with Gasteiger partial charge >= 0.3 is 0 Å². The number of rotatable bonds is 6. The monoisotopic (exact) mass is 235 g/mol. The number of methoxy groups -OCH3 is 2. The van der Waals surface area contributed by atoms with Crippen molar-refractivity contribution in [2.75, 3.05) is 20.8 Å². The van der Waals surface area contributed by atoms with Crippen LogP contribution in [0.2, 0.25) is 0 Å². The molecule has 92 valence electrons. The van der Waals surface area contributed by atoms with E-state index in [4.69, 9.17) is 9.47 Å². The highest BCUT2D eigenvalue weighted by molar-refractivity contribution is 5.79. The molecule has 4 heteroatoms. The fraction of sp³-hybridized carbons (Fsp3) is 0.308. The number of carbonyl (C=O) groups is 1. The van der Waals surface area contributed by atoms with Gasteiger partial charge in [0.1, 0.15) is 11.5 Å². The third kappa shape index (κ3) is 3.83. The van der Waals surface area contributed by atoms with Crippen LogP contribution in [-0.4, -0.2) is 26.7 Å². The molecule has 1 aromatic rings. The second-order valence-electron chi connectivity index (χ2n) is 3.45. The van der Waals surface area contributed by atoms with Crippen molar-refractivity contribution >= 4 is 5.91 Å². The fourth-order valence-electron chi connectivity index (χ4n) is 1.44. The summed E-state index contributed by atoms with van der Waals surface area (Å²) in [5, 5.41) is 2.72. The number of amides is 1. The smallest absolute Gasteiger partial charge is 0.224 e. The van der Waals surface area contributed by atoms with Gasteiger partial charge in [0, 0.05) is 12.1 Å². The van der Waals surface area contributed by atoms with Gasteiger partial charge in [-0.05, 0) is 18.2 Å². The van der Waals surface area contributed by atoms with Crippen molar-refractivity contribution in [2.24, 2.45) is 0 Å². The summed E-state index contributed by atoms with van der Waals surface area (Å²) >= 11 is 0. The zero-order chi connectivity index (χ0) is 12.7. The molecule has 0 radical (unpaired) electrons. The van der Waals surface area contributed by atoms with E-state index in [-0.39, 0.29) is 12.3 Å². The van der Waals surface area contributed by atoms with Crippen LogP contribution in [0.4, 0.5) is 0 Å². The predicted octanol–water partition coefficient (Wildman–Crippen LogP) is 1.55. The van der Waals surface area contributed by atoms with Gasteiger partial charge in [-0.1, -0.05) is 6.08 Å². The molecular formula is C13H17NO3. The van der Waals surface area contributed by atoms with E-state index in [0.29, 0.717) is 18.0 Å². The SMILES string of the molecule is C=CCNC(=O)Cc1cc(OC)ccc1OC. The van der Waals surface area contributed by atoms with Crippen molar-refractivity contribution in [3.05, 3.63) is 36.4 Å². The van der Waals surface area contributed by atoms with Crippen molar-refractivity contribution in [3.8, 4) is 11.5 Å². The summed E-state index contributed by atoms with van der Waals surface area (Å²) < 4.78 is 10.3. The third-order valence-electron chi connectivity index (χ3n) is 2.28. The normalized spacial score (nSPS) is 9.53. The zero-order valence-corrected chi connectivity index (χ0v) is 10.2. The quantitative estimate of drug-likeness (QED) is 0.761. The van der Waals surface area contributed by atoms with E-state index < -0.39 is 0 Å². The van der Waals surface area contributed by atoms with Gasteiger partial charge in [0.25, 0.3) is 0 Å². The summed E-state index contributed by atoms with van der Waals surface area (Å²) in [6.07, 6.45) is 1.90. The molecule has 1 aromatic carbocycles. The predicted molar refractivity (Wildman–Crippen MR) is 66.5 cm³/mol. The molecule has 0 aromatic heterocycles. The van der Waals surface area contributed by atoms with Gasteiger partial charge in [-0.3, -0.25) is 4.79 Å². The van der Waals surface area contributed by atoms with Gasteiger partial charge in [-0.2, -0.15) is 0 Å². The molecule has 17 heavy (non-hydrogen) atoms. The summed E-state index contributed by atoms with van der Waals surface area (Å²) in [6.45, 7) is 4.00. The molecule has 1 amide bonds. The number of hydrogen-bond acceptors (Lipinski definition) is 3. The maximum atomic E-state index is 11.6. The molecule has 0 bridgehead atoms.